The molecule has 0 fully saturated rings. The number of hydrogen-bond donors (Lipinski definition) is 3. The van der Waals surface area contributed by atoms with E-state index in [1.54, 1.807) is 0 Å². The Morgan fingerprint density at radius 2 is 1.54 bits per heavy atom. The van der Waals surface area contributed by atoms with Crippen LogP contribution in [0.5, 0.6) is 11.5 Å². The van der Waals surface area contributed by atoms with Crippen molar-refractivity contribution in [1.29, 1.82) is 0 Å². The molecular formula is C13H9N3O8. The highest BCUT2D eigenvalue weighted by atomic mass is 16.7. The number of benzene rings is 2. The van der Waals surface area contributed by atoms with E-state index < -0.39 is 38.8 Å². The molecule has 0 saturated heterocycles. The molecule has 0 radical (unpaired) electrons. The largest absolute Gasteiger partial charge is 0.511 e. The summed E-state index contributed by atoms with van der Waals surface area (Å²) in [6.45, 7) is 0. The van der Waals surface area contributed by atoms with Gasteiger partial charge in [-0.3, -0.25) is 20.2 Å². The summed E-state index contributed by atoms with van der Waals surface area (Å²) in [5, 5.41) is 42.6. The summed E-state index contributed by atoms with van der Waals surface area (Å²) in [7, 11) is 0. The summed E-state index contributed by atoms with van der Waals surface area (Å²) in [6.07, 6.45) is -1.77. The van der Waals surface area contributed by atoms with E-state index in [0.29, 0.717) is 0 Å². The van der Waals surface area contributed by atoms with E-state index >= 15 is 0 Å². The van der Waals surface area contributed by atoms with Gasteiger partial charge < -0.3 is 20.3 Å². The summed E-state index contributed by atoms with van der Waals surface area (Å²) in [5.74, 6) is -0.619. The topological polar surface area (TPSA) is 165 Å². The lowest BCUT2D eigenvalue weighted by molar-refractivity contribution is -0.392. The molecule has 11 nitrogen and oxygen atoms in total. The van der Waals surface area contributed by atoms with Crippen LogP contribution in [-0.4, -0.2) is 26.2 Å². The summed E-state index contributed by atoms with van der Waals surface area (Å²) in [4.78, 5) is 31.1. The van der Waals surface area contributed by atoms with Gasteiger partial charge in [-0.2, -0.15) is 0 Å². The van der Waals surface area contributed by atoms with Gasteiger partial charge in [0.25, 0.3) is 0 Å². The first-order valence-electron chi connectivity index (χ1n) is 6.21. The SMILES string of the molecule is O=C(O)Oc1cc([N+](=O)[O-])c(Nc2ccc(O)cc2)c([N+](=O)[O-])c1. The Kier molecular flexibility index (Phi) is 4.45. The van der Waals surface area contributed by atoms with Gasteiger partial charge in [-0.15, -0.1) is 0 Å². The molecule has 0 aromatic heterocycles. The molecule has 3 N–H and O–H groups in total. The van der Waals surface area contributed by atoms with Crippen molar-refractivity contribution in [3.8, 4) is 11.5 Å². The highest BCUT2D eigenvalue weighted by Gasteiger charge is 2.28. The molecule has 0 spiro atoms. The molecule has 11 heteroatoms. The number of anilines is 2. The minimum absolute atomic E-state index is 0.0604. The Balaban J connectivity index is 2.58. The zero-order valence-electron chi connectivity index (χ0n) is 11.7. The molecule has 0 aliphatic carbocycles. The van der Waals surface area contributed by atoms with Crippen LogP contribution in [0.1, 0.15) is 0 Å². The van der Waals surface area contributed by atoms with E-state index in [1.807, 2.05) is 0 Å². The van der Waals surface area contributed by atoms with Crippen LogP contribution in [0.25, 0.3) is 0 Å². The number of nitrogens with one attached hydrogen (secondary N) is 1. The van der Waals surface area contributed by atoms with Crippen LogP contribution in [0.3, 0.4) is 0 Å². The van der Waals surface area contributed by atoms with Gasteiger partial charge in [0.1, 0.15) is 11.5 Å². The number of rotatable bonds is 5. The van der Waals surface area contributed by atoms with E-state index in [9.17, 15) is 30.1 Å². The van der Waals surface area contributed by atoms with Crippen molar-refractivity contribution >= 4 is 28.9 Å². The lowest BCUT2D eigenvalue weighted by Gasteiger charge is -2.09. The predicted octanol–water partition coefficient (Wildman–Crippen LogP) is 3.01. The molecule has 0 atom stereocenters. The lowest BCUT2D eigenvalue weighted by atomic mass is 10.2. The fourth-order valence-corrected chi connectivity index (χ4v) is 1.85. The number of phenolic OH excluding ortho intramolecular Hbond substituents is 1. The van der Waals surface area contributed by atoms with Gasteiger partial charge in [-0.05, 0) is 24.3 Å². The quantitative estimate of drug-likeness (QED) is 0.245. The molecule has 0 unspecified atom stereocenters. The zero-order valence-corrected chi connectivity index (χ0v) is 11.7. The Morgan fingerprint density at radius 1 is 1.04 bits per heavy atom. The number of hydrogen-bond acceptors (Lipinski definition) is 8. The van der Waals surface area contributed by atoms with Crippen molar-refractivity contribution < 1.29 is 29.6 Å². The first kappa shape index (κ1) is 16.5. The van der Waals surface area contributed by atoms with Crippen molar-refractivity contribution in [3.63, 3.8) is 0 Å². The average Bonchev–Trinajstić information content (AvgIpc) is 2.49. The molecule has 0 amide bonds. The number of carbonyl (C=O) groups is 1. The van der Waals surface area contributed by atoms with Crippen LogP contribution in [0, 0.1) is 20.2 Å². The van der Waals surface area contributed by atoms with Crippen LogP contribution in [0.2, 0.25) is 0 Å². The summed E-state index contributed by atoms with van der Waals surface area (Å²) < 4.78 is 4.26. The van der Waals surface area contributed by atoms with Gasteiger partial charge in [0.15, 0.2) is 5.69 Å². The van der Waals surface area contributed by atoms with Crippen LogP contribution >= 0.6 is 0 Å². The second-order valence-corrected chi connectivity index (χ2v) is 4.39. The summed E-state index contributed by atoms with van der Waals surface area (Å²) in [5.41, 5.74) is -1.69. The molecule has 0 bridgehead atoms. The van der Waals surface area contributed by atoms with Gasteiger partial charge in [-0.1, -0.05) is 0 Å². The van der Waals surface area contributed by atoms with E-state index in [1.165, 1.54) is 24.3 Å². The average molecular weight is 335 g/mol. The number of ether oxygens (including phenoxy) is 1. The van der Waals surface area contributed by atoms with E-state index in [0.717, 1.165) is 12.1 Å². The standard InChI is InChI=1S/C13H9N3O8/c17-8-3-1-7(2-4-8)14-12-10(15(20)21)5-9(24-13(18)19)6-11(12)16(22)23/h1-6,14,17H,(H,18,19). The van der Waals surface area contributed by atoms with Crippen LogP contribution < -0.4 is 10.1 Å². The highest BCUT2D eigenvalue weighted by Crippen LogP contribution is 2.40. The van der Waals surface area contributed by atoms with Gasteiger partial charge in [0.2, 0.25) is 0 Å². The van der Waals surface area contributed by atoms with Crippen molar-refractivity contribution in [1.82, 2.24) is 0 Å². The minimum Gasteiger partial charge on any atom is -0.508 e. The maximum Gasteiger partial charge on any atom is 0.511 e. The lowest BCUT2D eigenvalue weighted by Crippen LogP contribution is -2.06. The normalized spacial score (nSPS) is 10.0. The van der Waals surface area contributed by atoms with E-state index in [2.05, 4.69) is 10.1 Å². The molecule has 0 aliphatic heterocycles. The van der Waals surface area contributed by atoms with Crippen molar-refractivity contribution in [2.75, 3.05) is 5.32 Å². The fourth-order valence-electron chi connectivity index (χ4n) is 1.85. The maximum atomic E-state index is 11.2. The first-order chi connectivity index (χ1) is 11.3. The number of nitrogens with zero attached hydrogens (tertiary/aromatic N) is 2. The monoisotopic (exact) mass is 335 g/mol. The van der Waals surface area contributed by atoms with Crippen molar-refractivity contribution in [2.24, 2.45) is 0 Å². The number of nitro benzene ring substituents is 2. The molecule has 124 valence electrons. The molecule has 0 saturated carbocycles. The number of phenols is 1. The number of aromatic hydroxyl groups is 1. The minimum atomic E-state index is -1.77. The van der Waals surface area contributed by atoms with Crippen LogP contribution in [0.4, 0.5) is 27.5 Å². The van der Waals surface area contributed by atoms with E-state index in [4.69, 9.17) is 5.11 Å². The van der Waals surface area contributed by atoms with Gasteiger partial charge >= 0.3 is 17.5 Å². The molecule has 2 rings (SSSR count). The third-order valence-corrected chi connectivity index (χ3v) is 2.81. The van der Waals surface area contributed by atoms with Gasteiger partial charge in [-0.25, -0.2) is 4.79 Å². The predicted molar refractivity (Wildman–Crippen MR) is 79.8 cm³/mol. The summed E-state index contributed by atoms with van der Waals surface area (Å²) in [6, 6.07) is 6.77. The molecule has 2 aromatic carbocycles. The zero-order chi connectivity index (χ0) is 17.9. The van der Waals surface area contributed by atoms with E-state index in [-0.39, 0.29) is 11.4 Å². The Hall–Kier alpha value is -3.89. The second kappa shape index (κ2) is 6.48. The fraction of sp³-hybridized carbons (Fsp3) is 0. The van der Waals surface area contributed by atoms with Crippen molar-refractivity contribution in [3.05, 3.63) is 56.6 Å². The number of carboxylic acid groups (broad SMARTS) is 1. The molecule has 24 heavy (non-hydrogen) atoms. The molecule has 0 aliphatic rings. The van der Waals surface area contributed by atoms with Crippen LogP contribution in [-0.2, 0) is 0 Å². The van der Waals surface area contributed by atoms with Crippen LogP contribution in [0.15, 0.2) is 36.4 Å². The highest BCUT2D eigenvalue weighted by molar-refractivity contribution is 5.81. The van der Waals surface area contributed by atoms with Gasteiger partial charge in [0.05, 0.1) is 22.0 Å². The Morgan fingerprint density at radius 3 is 1.96 bits per heavy atom. The molecule has 0 heterocycles. The third-order valence-electron chi connectivity index (χ3n) is 2.81. The van der Waals surface area contributed by atoms with Crippen molar-refractivity contribution in [2.45, 2.75) is 0 Å². The Bertz CT molecular complexity index is 783. The van der Waals surface area contributed by atoms with Gasteiger partial charge in [0, 0.05) is 5.69 Å². The first-order valence-corrected chi connectivity index (χ1v) is 6.21. The third kappa shape index (κ3) is 3.65. The Labute approximate surface area is 133 Å². The second-order valence-electron chi connectivity index (χ2n) is 4.39. The molecule has 2 aromatic rings. The number of nitro groups is 2. The molecular weight excluding hydrogens is 326 g/mol. The summed E-state index contributed by atoms with van der Waals surface area (Å²) >= 11 is 0. The maximum absolute atomic E-state index is 11.2. The smallest absolute Gasteiger partial charge is 0.508 e.